The summed E-state index contributed by atoms with van der Waals surface area (Å²) in [7, 11) is 1.56. The van der Waals surface area contributed by atoms with E-state index in [0.29, 0.717) is 18.1 Å². The van der Waals surface area contributed by atoms with Gasteiger partial charge in [0.05, 0.1) is 13.7 Å². The van der Waals surface area contributed by atoms with Gasteiger partial charge in [-0.05, 0) is 19.1 Å². The molecule has 1 aromatic rings. The summed E-state index contributed by atoms with van der Waals surface area (Å²) in [6.45, 7) is 2.26. The number of ether oxygens (including phenoxy) is 3. The van der Waals surface area contributed by atoms with Crippen molar-refractivity contribution in [2.24, 2.45) is 0 Å². The Morgan fingerprint density at radius 3 is 2.56 bits per heavy atom. The van der Waals surface area contributed by atoms with Crippen LogP contribution in [0.25, 0.3) is 0 Å². The van der Waals surface area contributed by atoms with Gasteiger partial charge in [-0.25, -0.2) is 4.79 Å². The van der Waals surface area contributed by atoms with Crippen LogP contribution in [0.2, 0.25) is 0 Å². The minimum absolute atomic E-state index is 0.0533. The molecule has 1 aromatic carbocycles. The van der Waals surface area contributed by atoms with Gasteiger partial charge in [0, 0.05) is 0 Å². The minimum Gasteiger partial charge on any atom is -0.493 e. The monoisotopic (exact) mass is 222 g/mol. The minimum atomic E-state index is 0.0533. The van der Waals surface area contributed by atoms with Crippen LogP contribution in [0.3, 0.4) is 0 Å². The summed E-state index contributed by atoms with van der Waals surface area (Å²) in [6.07, 6.45) is 0. The zero-order valence-corrected chi connectivity index (χ0v) is 9.36. The fourth-order valence-corrected chi connectivity index (χ4v) is 1.16. The Balaban J connectivity index is 2.63. The van der Waals surface area contributed by atoms with E-state index in [9.17, 15) is 4.79 Å². The molecule has 0 atom stereocenters. The smallest absolute Gasteiger partial charge is 0.217 e. The topological polar surface area (TPSA) is 44.8 Å². The van der Waals surface area contributed by atoms with E-state index in [1.54, 1.807) is 32.1 Å². The molecule has 0 bridgehead atoms. The lowest BCUT2D eigenvalue weighted by Gasteiger charge is -2.10. The summed E-state index contributed by atoms with van der Waals surface area (Å²) < 4.78 is 15.5. The fourth-order valence-electron chi connectivity index (χ4n) is 1.16. The van der Waals surface area contributed by atoms with Gasteiger partial charge in [-0.3, -0.25) is 0 Å². The summed E-state index contributed by atoms with van der Waals surface area (Å²) >= 11 is 0. The Hall–Kier alpha value is -1.93. The lowest BCUT2D eigenvalue weighted by molar-refractivity contribution is 0.181. The predicted octanol–water partition coefficient (Wildman–Crippen LogP) is 1.83. The molecular weight excluding hydrogens is 208 g/mol. The third kappa shape index (κ3) is 3.33. The molecule has 0 amide bonds. The molecule has 0 N–H and O–H groups in total. The molecule has 1 rings (SSSR count). The van der Waals surface area contributed by atoms with E-state index in [-0.39, 0.29) is 12.4 Å². The van der Waals surface area contributed by atoms with Crippen molar-refractivity contribution in [3.8, 4) is 11.5 Å². The lowest BCUT2D eigenvalue weighted by Crippen LogP contribution is -2.06. The number of methoxy groups -OCH3 is 1. The van der Waals surface area contributed by atoms with E-state index in [1.165, 1.54) is 0 Å². The summed E-state index contributed by atoms with van der Waals surface area (Å²) in [6, 6.07) is 7.20. The molecule has 86 valence electrons. The first kappa shape index (κ1) is 12.1. The fraction of sp³-hybridized carbons (Fsp3) is 0.333. The maximum atomic E-state index is 10.5. The van der Waals surface area contributed by atoms with Gasteiger partial charge in [0.15, 0.2) is 24.0 Å². The van der Waals surface area contributed by atoms with Crippen LogP contribution in [0.1, 0.15) is 6.92 Å². The zero-order valence-electron chi connectivity index (χ0n) is 9.36. The van der Waals surface area contributed by atoms with Gasteiger partial charge in [-0.15, -0.1) is 0 Å². The standard InChI is InChI=1S/C12H14O4/c1-3-15-10(8-13)9-16-12-7-5-4-6-11(12)14-2/h4-7H,3,9H2,1-2H3. The first-order valence-electron chi connectivity index (χ1n) is 4.94. The lowest BCUT2D eigenvalue weighted by atomic mass is 10.3. The van der Waals surface area contributed by atoms with E-state index in [2.05, 4.69) is 0 Å². The van der Waals surface area contributed by atoms with Crippen molar-refractivity contribution in [3.05, 3.63) is 30.0 Å². The molecule has 0 saturated carbocycles. The molecule has 0 saturated heterocycles. The number of carbonyl (C=O) groups excluding carboxylic acids is 1. The van der Waals surface area contributed by atoms with Crippen LogP contribution in [0, 0.1) is 0 Å². The van der Waals surface area contributed by atoms with Crippen molar-refractivity contribution in [3.63, 3.8) is 0 Å². The van der Waals surface area contributed by atoms with Gasteiger partial charge in [0.1, 0.15) is 0 Å². The third-order valence-electron chi connectivity index (χ3n) is 1.86. The molecule has 4 heteroatoms. The van der Waals surface area contributed by atoms with E-state index in [0.717, 1.165) is 0 Å². The van der Waals surface area contributed by atoms with Crippen molar-refractivity contribution in [2.45, 2.75) is 6.92 Å². The largest absolute Gasteiger partial charge is 0.493 e. The maximum absolute atomic E-state index is 10.5. The molecular formula is C12H14O4. The van der Waals surface area contributed by atoms with Crippen molar-refractivity contribution < 1.29 is 19.0 Å². The van der Waals surface area contributed by atoms with Crippen molar-refractivity contribution in [1.82, 2.24) is 0 Å². The molecule has 0 fully saturated rings. The van der Waals surface area contributed by atoms with Gasteiger partial charge in [-0.1, -0.05) is 12.1 Å². The quantitative estimate of drug-likeness (QED) is 0.544. The normalized spacial score (nSPS) is 9.12. The van der Waals surface area contributed by atoms with Crippen molar-refractivity contribution in [1.29, 1.82) is 0 Å². The molecule has 0 spiro atoms. The van der Waals surface area contributed by atoms with E-state index < -0.39 is 0 Å². The second-order valence-electron chi connectivity index (χ2n) is 2.90. The highest BCUT2D eigenvalue weighted by atomic mass is 16.5. The Bertz CT molecular complexity index is 380. The molecule has 0 aliphatic carbocycles. The van der Waals surface area contributed by atoms with E-state index in [4.69, 9.17) is 14.2 Å². The zero-order chi connectivity index (χ0) is 11.8. The molecule has 0 unspecified atom stereocenters. The molecule has 0 aromatic heterocycles. The van der Waals surface area contributed by atoms with Crippen LogP contribution in [-0.4, -0.2) is 26.3 Å². The predicted molar refractivity (Wildman–Crippen MR) is 59.3 cm³/mol. The Morgan fingerprint density at radius 2 is 2.00 bits per heavy atom. The van der Waals surface area contributed by atoms with Crippen LogP contribution in [-0.2, 0) is 9.53 Å². The summed E-state index contributed by atoms with van der Waals surface area (Å²) in [5.74, 6) is 3.02. The Kier molecular flexibility index (Phi) is 4.96. The summed E-state index contributed by atoms with van der Waals surface area (Å²) in [4.78, 5) is 10.5. The maximum Gasteiger partial charge on any atom is 0.217 e. The van der Waals surface area contributed by atoms with Gasteiger partial charge in [0.2, 0.25) is 5.76 Å². The van der Waals surface area contributed by atoms with Crippen LogP contribution < -0.4 is 9.47 Å². The number of hydrogen-bond donors (Lipinski definition) is 0. The van der Waals surface area contributed by atoms with E-state index >= 15 is 0 Å². The number of benzene rings is 1. The number of para-hydroxylation sites is 2. The van der Waals surface area contributed by atoms with Gasteiger partial charge in [0.25, 0.3) is 0 Å². The summed E-state index contributed by atoms with van der Waals surface area (Å²) in [5.41, 5.74) is 0. The molecule has 0 aliphatic heterocycles. The summed E-state index contributed by atoms with van der Waals surface area (Å²) in [5, 5.41) is 0. The van der Waals surface area contributed by atoms with Gasteiger partial charge < -0.3 is 14.2 Å². The second kappa shape index (κ2) is 6.53. The molecule has 4 nitrogen and oxygen atoms in total. The van der Waals surface area contributed by atoms with Crippen LogP contribution in [0.15, 0.2) is 30.0 Å². The number of hydrogen-bond acceptors (Lipinski definition) is 4. The first-order chi connectivity index (χ1) is 7.81. The van der Waals surface area contributed by atoms with Gasteiger partial charge >= 0.3 is 0 Å². The first-order valence-corrected chi connectivity index (χ1v) is 4.94. The highest BCUT2D eigenvalue weighted by molar-refractivity contribution is 5.50. The Morgan fingerprint density at radius 1 is 1.31 bits per heavy atom. The number of rotatable bonds is 6. The van der Waals surface area contributed by atoms with Crippen molar-refractivity contribution in [2.75, 3.05) is 20.3 Å². The SMILES string of the molecule is CCOC(=C=O)COc1ccccc1OC. The molecule has 0 heterocycles. The average Bonchev–Trinajstić information content (AvgIpc) is 2.34. The van der Waals surface area contributed by atoms with Crippen LogP contribution >= 0.6 is 0 Å². The van der Waals surface area contributed by atoms with Gasteiger partial charge in [-0.2, -0.15) is 0 Å². The molecule has 0 radical (unpaired) electrons. The Labute approximate surface area is 94.4 Å². The molecule has 0 aliphatic rings. The van der Waals surface area contributed by atoms with E-state index in [1.807, 2.05) is 12.1 Å². The van der Waals surface area contributed by atoms with Crippen LogP contribution in [0.5, 0.6) is 11.5 Å². The average molecular weight is 222 g/mol. The van der Waals surface area contributed by atoms with Crippen molar-refractivity contribution >= 4 is 5.94 Å². The second-order valence-corrected chi connectivity index (χ2v) is 2.90. The highest BCUT2D eigenvalue weighted by Crippen LogP contribution is 2.25. The highest BCUT2D eigenvalue weighted by Gasteiger charge is 2.05. The molecule has 16 heavy (non-hydrogen) atoms. The van der Waals surface area contributed by atoms with Crippen LogP contribution in [0.4, 0.5) is 0 Å². The third-order valence-corrected chi connectivity index (χ3v) is 1.86.